The maximum Gasteiger partial charge on any atom is 0.251 e. The van der Waals surface area contributed by atoms with Crippen LogP contribution in [-0.2, 0) is 17.8 Å². The number of fused-ring (bicyclic) bond motifs is 1. The topological polar surface area (TPSA) is 68.2 Å². The Morgan fingerprint density at radius 3 is 2.47 bits per heavy atom. The smallest absolute Gasteiger partial charge is 0.251 e. The van der Waals surface area contributed by atoms with Gasteiger partial charge in [0.15, 0.2) is 0 Å². The van der Waals surface area contributed by atoms with Gasteiger partial charge in [-0.2, -0.15) is 0 Å². The summed E-state index contributed by atoms with van der Waals surface area (Å²) in [4.78, 5) is 17.0. The standard InChI is InChI=1S/C26H28N4O2/c1-32-17-7-16-27-25(31)22-14-12-20(13-15-22)18-28-26-29-23-10-5-6-11-24(23)30(26)19-21-8-3-2-4-9-21/h2-6,8-15H,7,16-19H2,1H3,(H,27,31)(H,28,29). The number of hydrogen-bond donors (Lipinski definition) is 2. The number of nitrogens with zero attached hydrogens (tertiary/aromatic N) is 2. The van der Waals surface area contributed by atoms with Crippen LogP contribution in [0.5, 0.6) is 0 Å². The minimum Gasteiger partial charge on any atom is -0.385 e. The monoisotopic (exact) mass is 428 g/mol. The third kappa shape index (κ3) is 5.34. The van der Waals surface area contributed by atoms with Crippen molar-refractivity contribution in [3.8, 4) is 0 Å². The second kappa shape index (κ2) is 10.6. The molecule has 1 aromatic heterocycles. The highest BCUT2D eigenvalue weighted by Gasteiger charge is 2.11. The molecule has 32 heavy (non-hydrogen) atoms. The molecule has 1 heterocycles. The van der Waals surface area contributed by atoms with Crippen molar-refractivity contribution in [2.45, 2.75) is 19.5 Å². The van der Waals surface area contributed by atoms with E-state index >= 15 is 0 Å². The second-order valence-electron chi connectivity index (χ2n) is 7.65. The molecule has 0 aliphatic heterocycles. The normalized spacial score (nSPS) is 10.9. The number of nitrogens with one attached hydrogen (secondary N) is 2. The Labute approximate surface area is 188 Å². The van der Waals surface area contributed by atoms with Gasteiger partial charge >= 0.3 is 0 Å². The molecule has 6 nitrogen and oxygen atoms in total. The van der Waals surface area contributed by atoms with Gasteiger partial charge in [-0.15, -0.1) is 0 Å². The highest BCUT2D eigenvalue weighted by molar-refractivity contribution is 5.94. The van der Waals surface area contributed by atoms with Gasteiger partial charge in [-0.3, -0.25) is 4.79 Å². The fourth-order valence-electron chi connectivity index (χ4n) is 3.61. The molecule has 0 aliphatic carbocycles. The number of benzene rings is 3. The van der Waals surface area contributed by atoms with E-state index in [1.165, 1.54) is 5.56 Å². The molecule has 0 atom stereocenters. The van der Waals surface area contributed by atoms with Gasteiger partial charge in [0.1, 0.15) is 0 Å². The summed E-state index contributed by atoms with van der Waals surface area (Å²) in [6.45, 7) is 2.60. The Morgan fingerprint density at radius 1 is 0.938 bits per heavy atom. The Morgan fingerprint density at radius 2 is 1.69 bits per heavy atom. The van der Waals surface area contributed by atoms with E-state index in [0.717, 1.165) is 35.5 Å². The molecular weight excluding hydrogens is 400 g/mol. The first-order chi connectivity index (χ1) is 15.7. The largest absolute Gasteiger partial charge is 0.385 e. The first-order valence-electron chi connectivity index (χ1n) is 10.8. The molecule has 1 amide bonds. The average molecular weight is 429 g/mol. The van der Waals surface area contributed by atoms with E-state index in [9.17, 15) is 4.79 Å². The fourth-order valence-corrected chi connectivity index (χ4v) is 3.61. The van der Waals surface area contributed by atoms with Gasteiger partial charge in [0.05, 0.1) is 17.6 Å². The van der Waals surface area contributed by atoms with Crippen molar-refractivity contribution in [1.82, 2.24) is 14.9 Å². The zero-order chi connectivity index (χ0) is 22.2. The van der Waals surface area contributed by atoms with Gasteiger partial charge in [0.25, 0.3) is 5.91 Å². The number of rotatable bonds is 10. The lowest BCUT2D eigenvalue weighted by Gasteiger charge is -2.12. The molecule has 2 N–H and O–H groups in total. The van der Waals surface area contributed by atoms with Crippen LogP contribution in [0.1, 0.15) is 27.9 Å². The number of amides is 1. The van der Waals surface area contributed by atoms with Gasteiger partial charge in [-0.05, 0) is 41.8 Å². The summed E-state index contributed by atoms with van der Waals surface area (Å²) in [6, 6.07) is 26.2. The van der Waals surface area contributed by atoms with E-state index in [0.29, 0.717) is 25.3 Å². The van der Waals surface area contributed by atoms with Crippen LogP contribution in [0.15, 0.2) is 78.9 Å². The van der Waals surface area contributed by atoms with Crippen molar-refractivity contribution >= 4 is 22.9 Å². The number of hydrogen-bond acceptors (Lipinski definition) is 4. The Balaban J connectivity index is 1.44. The molecule has 0 bridgehead atoms. The number of carbonyl (C=O) groups is 1. The fraction of sp³-hybridized carbons (Fsp3) is 0.231. The lowest BCUT2D eigenvalue weighted by Crippen LogP contribution is -2.25. The van der Waals surface area contributed by atoms with Crippen LogP contribution in [0, 0.1) is 0 Å². The van der Waals surface area contributed by atoms with E-state index in [4.69, 9.17) is 9.72 Å². The van der Waals surface area contributed by atoms with Crippen molar-refractivity contribution in [2.24, 2.45) is 0 Å². The molecule has 0 radical (unpaired) electrons. The van der Waals surface area contributed by atoms with Crippen LogP contribution in [0.3, 0.4) is 0 Å². The van der Waals surface area contributed by atoms with Crippen LogP contribution in [0.4, 0.5) is 5.95 Å². The van der Waals surface area contributed by atoms with E-state index in [-0.39, 0.29) is 5.91 Å². The Hall–Kier alpha value is -3.64. The number of ether oxygens (including phenoxy) is 1. The van der Waals surface area contributed by atoms with Crippen molar-refractivity contribution in [3.63, 3.8) is 0 Å². The van der Waals surface area contributed by atoms with E-state index in [1.54, 1.807) is 7.11 Å². The molecule has 4 aromatic rings. The molecule has 0 saturated heterocycles. The first kappa shape index (κ1) is 21.6. The molecule has 3 aromatic carbocycles. The molecule has 0 aliphatic rings. The zero-order valence-corrected chi connectivity index (χ0v) is 18.3. The molecule has 0 saturated carbocycles. The maximum absolute atomic E-state index is 12.2. The summed E-state index contributed by atoms with van der Waals surface area (Å²) >= 11 is 0. The van der Waals surface area contributed by atoms with Gasteiger partial charge in [-0.25, -0.2) is 4.98 Å². The molecule has 164 valence electrons. The van der Waals surface area contributed by atoms with Crippen LogP contribution < -0.4 is 10.6 Å². The number of methoxy groups -OCH3 is 1. The van der Waals surface area contributed by atoms with E-state index in [1.807, 2.05) is 48.5 Å². The van der Waals surface area contributed by atoms with Crippen molar-refractivity contribution in [3.05, 3.63) is 95.6 Å². The molecular formula is C26H28N4O2. The predicted molar refractivity (Wildman–Crippen MR) is 128 cm³/mol. The minimum atomic E-state index is -0.0646. The molecule has 6 heteroatoms. The first-order valence-corrected chi connectivity index (χ1v) is 10.8. The number of anilines is 1. The third-order valence-electron chi connectivity index (χ3n) is 5.32. The van der Waals surface area contributed by atoms with E-state index < -0.39 is 0 Å². The molecule has 0 unspecified atom stereocenters. The Kier molecular flexibility index (Phi) is 7.15. The van der Waals surface area contributed by atoms with Crippen molar-refractivity contribution in [1.29, 1.82) is 0 Å². The van der Waals surface area contributed by atoms with Gasteiger partial charge in [0, 0.05) is 32.4 Å². The minimum absolute atomic E-state index is 0.0646. The number of aromatic nitrogens is 2. The van der Waals surface area contributed by atoms with Crippen LogP contribution in [-0.4, -0.2) is 35.7 Å². The summed E-state index contributed by atoms with van der Waals surface area (Å²) in [5.74, 6) is 0.764. The maximum atomic E-state index is 12.2. The second-order valence-corrected chi connectivity index (χ2v) is 7.65. The molecule has 0 fully saturated rings. The summed E-state index contributed by atoms with van der Waals surface area (Å²) < 4.78 is 7.21. The highest BCUT2D eigenvalue weighted by atomic mass is 16.5. The number of para-hydroxylation sites is 2. The number of imidazole rings is 1. The SMILES string of the molecule is COCCCNC(=O)c1ccc(CNc2nc3ccccc3n2Cc2ccccc2)cc1. The quantitative estimate of drug-likeness (QED) is 0.366. The lowest BCUT2D eigenvalue weighted by molar-refractivity contribution is 0.0948. The lowest BCUT2D eigenvalue weighted by atomic mass is 10.1. The average Bonchev–Trinajstić information content (AvgIpc) is 3.18. The van der Waals surface area contributed by atoms with Crippen LogP contribution in [0.2, 0.25) is 0 Å². The zero-order valence-electron chi connectivity index (χ0n) is 18.3. The number of carbonyl (C=O) groups excluding carboxylic acids is 1. The van der Waals surface area contributed by atoms with Crippen LogP contribution >= 0.6 is 0 Å². The van der Waals surface area contributed by atoms with Crippen molar-refractivity contribution < 1.29 is 9.53 Å². The highest BCUT2D eigenvalue weighted by Crippen LogP contribution is 2.22. The summed E-state index contributed by atoms with van der Waals surface area (Å²) in [5.41, 5.74) is 5.02. The van der Waals surface area contributed by atoms with Gasteiger partial charge in [0.2, 0.25) is 5.95 Å². The van der Waals surface area contributed by atoms with Gasteiger partial charge < -0.3 is 19.9 Å². The molecule has 0 spiro atoms. The van der Waals surface area contributed by atoms with E-state index in [2.05, 4.69) is 45.5 Å². The van der Waals surface area contributed by atoms with Crippen LogP contribution in [0.25, 0.3) is 11.0 Å². The summed E-state index contributed by atoms with van der Waals surface area (Å²) in [5, 5.41) is 6.38. The molecule has 4 rings (SSSR count). The summed E-state index contributed by atoms with van der Waals surface area (Å²) in [6.07, 6.45) is 0.800. The third-order valence-corrected chi connectivity index (χ3v) is 5.32. The van der Waals surface area contributed by atoms with Gasteiger partial charge in [-0.1, -0.05) is 54.6 Å². The van der Waals surface area contributed by atoms with Crippen molar-refractivity contribution in [2.75, 3.05) is 25.6 Å². The predicted octanol–water partition coefficient (Wildman–Crippen LogP) is 4.46. The summed E-state index contributed by atoms with van der Waals surface area (Å²) in [7, 11) is 1.66. The Bertz CT molecular complexity index is 1150.